The lowest BCUT2D eigenvalue weighted by atomic mass is 10.2. The van der Waals surface area contributed by atoms with Gasteiger partial charge >= 0.3 is 0 Å². The molecule has 7 heteroatoms. The highest BCUT2D eigenvalue weighted by molar-refractivity contribution is 9.10. The van der Waals surface area contributed by atoms with Crippen LogP contribution in [-0.4, -0.2) is 19.4 Å². The summed E-state index contributed by atoms with van der Waals surface area (Å²) in [5.41, 5.74) is 4.40. The number of imidazole rings is 1. The number of aromatic amines is 1. The van der Waals surface area contributed by atoms with Crippen LogP contribution in [0.5, 0.6) is 0 Å². The molecular weight excluding hydrogens is 412 g/mol. The van der Waals surface area contributed by atoms with Crippen LogP contribution >= 0.6 is 27.7 Å². The number of benzene rings is 1. The van der Waals surface area contributed by atoms with Gasteiger partial charge in [0.15, 0.2) is 5.16 Å². The molecule has 0 amide bonds. The Labute approximate surface area is 162 Å². The van der Waals surface area contributed by atoms with Crippen molar-refractivity contribution in [3.63, 3.8) is 0 Å². The number of hydrogen-bond acceptors (Lipinski definition) is 4. The van der Waals surface area contributed by atoms with Crippen molar-refractivity contribution in [1.82, 2.24) is 19.4 Å². The number of aryl methyl sites for hydroxylation is 1. The molecule has 0 spiro atoms. The van der Waals surface area contributed by atoms with Gasteiger partial charge in [-0.3, -0.25) is 9.20 Å². The molecule has 0 saturated carbocycles. The Hall–Kier alpha value is -2.38. The van der Waals surface area contributed by atoms with Crippen molar-refractivity contribution in [2.75, 3.05) is 0 Å². The SMILES string of the molecule is Cc1ccc2nc(CSc3ncc(-c4ccc(Br)cc4)[nH]3)cc(=O)n2c1. The van der Waals surface area contributed by atoms with Gasteiger partial charge in [-0.15, -0.1) is 0 Å². The Morgan fingerprint density at radius 2 is 2.00 bits per heavy atom. The van der Waals surface area contributed by atoms with E-state index in [2.05, 4.69) is 30.9 Å². The highest BCUT2D eigenvalue weighted by Crippen LogP contribution is 2.24. The van der Waals surface area contributed by atoms with Gasteiger partial charge in [0.05, 0.1) is 17.6 Å². The normalized spacial score (nSPS) is 11.2. The minimum absolute atomic E-state index is 0.0655. The van der Waals surface area contributed by atoms with E-state index >= 15 is 0 Å². The molecule has 1 N–H and O–H groups in total. The van der Waals surface area contributed by atoms with Crippen molar-refractivity contribution in [1.29, 1.82) is 0 Å². The van der Waals surface area contributed by atoms with Crippen molar-refractivity contribution in [2.45, 2.75) is 17.8 Å². The highest BCUT2D eigenvalue weighted by atomic mass is 79.9. The molecule has 0 unspecified atom stereocenters. The molecule has 1 aromatic carbocycles. The quantitative estimate of drug-likeness (QED) is 0.489. The molecular formula is C19H15BrN4OS. The van der Waals surface area contributed by atoms with Crippen LogP contribution in [0.15, 0.2) is 69.3 Å². The van der Waals surface area contributed by atoms with E-state index in [4.69, 9.17) is 0 Å². The highest BCUT2D eigenvalue weighted by Gasteiger charge is 2.07. The number of H-pyrrole nitrogens is 1. The fraction of sp³-hybridized carbons (Fsp3) is 0.105. The van der Waals surface area contributed by atoms with Gasteiger partial charge in [0.25, 0.3) is 5.56 Å². The maximum atomic E-state index is 12.3. The molecule has 4 aromatic rings. The first-order valence-corrected chi connectivity index (χ1v) is 9.79. The first-order chi connectivity index (χ1) is 12.6. The number of fused-ring (bicyclic) bond motifs is 1. The van der Waals surface area contributed by atoms with E-state index in [0.717, 1.165) is 32.1 Å². The Morgan fingerprint density at radius 3 is 2.81 bits per heavy atom. The van der Waals surface area contributed by atoms with Gasteiger partial charge in [0.1, 0.15) is 5.65 Å². The summed E-state index contributed by atoms with van der Waals surface area (Å²) in [6.45, 7) is 1.95. The van der Waals surface area contributed by atoms with Gasteiger partial charge in [-0.2, -0.15) is 0 Å². The van der Waals surface area contributed by atoms with E-state index in [-0.39, 0.29) is 5.56 Å². The monoisotopic (exact) mass is 426 g/mol. The Morgan fingerprint density at radius 1 is 1.19 bits per heavy atom. The van der Waals surface area contributed by atoms with Crippen molar-refractivity contribution < 1.29 is 0 Å². The molecule has 130 valence electrons. The third kappa shape index (κ3) is 3.59. The number of hydrogen-bond donors (Lipinski definition) is 1. The third-order valence-corrected chi connectivity index (χ3v) is 5.37. The van der Waals surface area contributed by atoms with Crippen LogP contribution in [0, 0.1) is 6.92 Å². The van der Waals surface area contributed by atoms with Crippen LogP contribution in [0.25, 0.3) is 16.9 Å². The van der Waals surface area contributed by atoms with Crippen LogP contribution < -0.4 is 5.56 Å². The zero-order valence-corrected chi connectivity index (χ0v) is 16.3. The fourth-order valence-corrected chi connectivity index (χ4v) is 3.63. The largest absolute Gasteiger partial charge is 0.333 e. The van der Waals surface area contributed by atoms with E-state index in [0.29, 0.717) is 11.4 Å². The molecule has 0 atom stereocenters. The molecule has 0 bridgehead atoms. The molecule has 0 saturated heterocycles. The second kappa shape index (κ2) is 7.09. The van der Waals surface area contributed by atoms with E-state index < -0.39 is 0 Å². The van der Waals surface area contributed by atoms with E-state index in [1.54, 1.807) is 16.7 Å². The number of nitrogens with zero attached hydrogens (tertiary/aromatic N) is 3. The minimum atomic E-state index is -0.0655. The van der Waals surface area contributed by atoms with Gasteiger partial charge in [-0.05, 0) is 36.2 Å². The van der Waals surface area contributed by atoms with Crippen molar-refractivity contribution in [3.8, 4) is 11.3 Å². The van der Waals surface area contributed by atoms with Crippen LogP contribution in [0.3, 0.4) is 0 Å². The molecule has 3 aromatic heterocycles. The van der Waals surface area contributed by atoms with Gasteiger partial charge in [0.2, 0.25) is 0 Å². The average molecular weight is 427 g/mol. The van der Waals surface area contributed by atoms with E-state index in [1.165, 1.54) is 11.8 Å². The van der Waals surface area contributed by atoms with Crippen LogP contribution in [0.1, 0.15) is 11.3 Å². The minimum Gasteiger partial charge on any atom is -0.333 e. The second-order valence-corrected chi connectivity index (χ2v) is 7.80. The molecule has 3 heterocycles. The lowest BCUT2D eigenvalue weighted by Gasteiger charge is -2.04. The summed E-state index contributed by atoms with van der Waals surface area (Å²) in [5.74, 6) is 0.576. The number of rotatable bonds is 4. The summed E-state index contributed by atoms with van der Waals surface area (Å²) in [7, 11) is 0. The number of pyridine rings is 1. The predicted octanol–water partition coefficient (Wildman–Crippen LogP) is 4.45. The second-order valence-electron chi connectivity index (χ2n) is 5.92. The third-order valence-electron chi connectivity index (χ3n) is 3.93. The topological polar surface area (TPSA) is 63.0 Å². The summed E-state index contributed by atoms with van der Waals surface area (Å²) in [5, 5.41) is 0.800. The maximum absolute atomic E-state index is 12.3. The summed E-state index contributed by atoms with van der Waals surface area (Å²) >= 11 is 4.96. The predicted molar refractivity (Wildman–Crippen MR) is 107 cm³/mol. The fourth-order valence-electron chi connectivity index (χ4n) is 2.63. The molecule has 0 fully saturated rings. The standard InChI is InChI=1S/C19H15BrN4OS/c1-12-2-7-17-22-15(8-18(25)24(17)10-12)11-26-19-21-9-16(23-19)13-3-5-14(20)6-4-13/h2-10H,11H2,1H3,(H,21,23). The number of aromatic nitrogens is 4. The smallest absolute Gasteiger partial charge is 0.258 e. The zero-order chi connectivity index (χ0) is 18.1. The average Bonchev–Trinajstić information content (AvgIpc) is 3.10. The summed E-state index contributed by atoms with van der Waals surface area (Å²) in [6, 6.07) is 13.4. The molecule has 0 radical (unpaired) electrons. The molecule has 0 aliphatic rings. The van der Waals surface area contributed by atoms with Crippen LogP contribution in [0.2, 0.25) is 0 Å². The van der Waals surface area contributed by atoms with Crippen molar-refractivity contribution in [2.24, 2.45) is 0 Å². The van der Waals surface area contributed by atoms with Gasteiger partial charge < -0.3 is 4.98 Å². The van der Waals surface area contributed by atoms with Crippen molar-refractivity contribution >= 4 is 33.3 Å². The number of nitrogens with one attached hydrogen (secondary N) is 1. The van der Waals surface area contributed by atoms with Gasteiger partial charge in [-0.25, -0.2) is 9.97 Å². The lowest BCUT2D eigenvalue weighted by molar-refractivity contribution is 0.997. The summed E-state index contributed by atoms with van der Waals surface area (Å²) in [6.07, 6.45) is 3.62. The van der Waals surface area contributed by atoms with Crippen LogP contribution in [-0.2, 0) is 5.75 Å². The Balaban J connectivity index is 1.52. The van der Waals surface area contributed by atoms with Crippen molar-refractivity contribution in [3.05, 3.63) is 80.9 Å². The molecule has 26 heavy (non-hydrogen) atoms. The summed E-state index contributed by atoms with van der Waals surface area (Å²) < 4.78 is 2.61. The number of thioether (sulfide) groups is 1. The van der Waals surface area contributed by atoms with Crippen LogP contribution in [0.4, 0.5) is 0 Å². The zero-order valence-electron chi connectivity index (χ0n) is 13.9. The number of halogens is 1. The molecule has 5 nitrogen and oxygen atoms in total. The van der Waals surface area contributed by atoms with E-state index in [1.807, 2.05) is 49.5 Å². The first kappa shape index (κ1) is 17.1. The molecule has 4 rings (SSSR count). The maximum Gasteiger partial charge on any atom is 0.258 e. The Kier molecular flexibility index (Phi) is 4.65. The van der Waals surface area contributed by atoms with E-state index in [9.17, 15) is 4.79 Å². The molecule has 0 aliphatic carbocycles. The lowest BCUT2D eigenvalue weighted by Crippen LogP contribution is -2.15. The Bertz CT molecular complexity index is 1130. The first-order valence-electron chi connectivity index (χ1n) is 8.01. The summed E-state index contributed by atoms with van der Waals surface area (Å²) in [4.78, 5) is 24.5. The van der Waals surface area contributed by atoms with Gasteiger partial charge in [0, 0.05) is 22.5 Å². The molecule has 0 aliphatic heterocycles. The van der Waals surface area contributed by atoms with Gasteiger partial charge in [-0.1, -0.05) is 45.9 Å².